The standard InChI is InChI=1S/C26H28F3N7O2.CH4/c1-3-4-12-35-21-22(32-24(35)34-11-7-9-17(30)14-34)33(2)25(38)36(23(21)37)15-19-18-10-6-5-8-16(18)13-20(31-19)26(27,28)29;/h5-6,8,10,17,20H,7,9,11-15,30H2,1-2H3;1H4. The van der Waals surface area contributed by atoms with Crippen molar-refractivity contribution < 1.29 is 13.2 Å². The van der Waals surface area contributed by atoms with Gasteiger partial charge >= 0.3 is 11.9 Å². The number of nitrogens with two attached hydrogens (primary N) is 1. The summed E-state index contributed by atoms with van der Waals surface area (Å²) in [5.74, 6) is 6.27. The van der Waals surface area contributed by atoms with E-state index in [2.05, 4.69) is 21.8 Å². The average Bonchev–Trinajstić information content (AvgIpc) is 3.27. The minimum absolute atomic E-state index is 0. The number of imidazole rings is 1. The number of anilines is 1. The molecule has 2 aliphatic heterocycles. The monoisotopic (exact) mass is 543 g/mol. The van der Waals surface area contributed by atoms with E-state index >= 15 is 0 Å². The Morgan fingerprint density at radius 3 is 2.62 bits per heavy atom. The van der Waals surface area contributed by atoms with Crippen molar-refractivity contribution in [2.45, 2.75) is 65.0 Å². The lowest BCUT2D eigenvalue weighted by Gasteiger charge is -2.31. The summed E-state index contributed by atoms with van der Waals surface area (Å²) in [5.41, 5.74) is 6.17. The number of fused-ring (bicyclic) bond motifs is 2. The number of alkyl halides is 3. The lowest BCUT2D eigenvalue weighted by molar-refractivity contribution is -0.146. The first-order valence-electron chi connectivity index (χ1n) is 12.4. The van der Waals surface area contributed by atoms with Crippen LogP contribution in [0.25, 0.3) is 11.2 Å². The van der Waals surface area contributed by atoms with Gasteiger partial charge in [0.2, 0.25) is 5.95 Å². The van der Waals surface area contributed by atoms with E-state index in [0.717, 1.165) is 17.4 Å². The lowest BCUT2D eigenvalue weighted by Crippen LogP contribution is -2.44. The highest BCUT2D eigenvalue weighted by Gasteiger charge is 2.42. The number of aliphatic imine (C=N–C) groups is 1. The summed E-state index contributed by atoms with van der Waals surface area (Å²) in [5, 5.41) is 0. The van der Waals surface area contributed by atoms with Gasteiger partial charge in [0.15, 0.2) is 11.2 Å². The molecular formula is C27H32F3N7O2. The summed E-state index contributed by atoms with van der Waals surface area (Å²) in [6.45, 7) is 2.66. The number of aryl methyl sites for hydroxylation is 1. The van der Waals surface area contributed by atoms with Crippen LogP contribution in [0.15, 0.2) is 38.8 Å². The van der Waals surface area contributed by atoms with Gasteiger partial charge in [-0.2, -0.15) is 18.2 Å². The SMILES string of the molecule is C.CC#CCn1c(N2CCCC(N)C2)nc2c1c(=O)n(CC1=NC(C(F)(F)F)Cc3ccccc31)c(=O)n2C. The van der Waals surface area contributed by atoms with E-state index in [9.17, 15) is 22.8 Å². The number of benzene rings is 1. The normalized spacial score (nSPS) is 19.1. The van der Waals surface area contributed by atoms with Crippen LogP contribution in [-0.4, -0.2) is 55.7 Å². The van der Waals surface area contributed by atoms with Gasteiger partial charge in [0.1, 0.15) is 6.04 Å². The molecule has 208 valence electrons. The molecule has 2 aliphatic rings. The molecule has 2 unspecified atom stereocenters. The molecule has 1 aromatic carbocycles. The number of rotatable bonds is 4. The van der Waals surface area contributed by atoms with E-state index in [1.807, 2.05) is 4.90 Å². The van der Waals surface area contributed by atoms with Crippen molar-refractivity contribution in [3.05, 3.63) is 56.2 Å². The molecule has 4 heterocycles. The molecule has 9 nitrogen and oxygen atoms in total. The molecule has 1 fully saturated rings. The van der Waals surface area contributed by atoms with E-state index in [1.54, 1.807) is 35.8 Å². The molecule has 0 spiro atoms. The third-order valence-electron chi connectivity index (χ3n) is 7.11. The van der Waals surface area contributed by atoms with Crippen molar-refractivity contribution in [2.24, 2.45) is 17.8 Å². The Morgan fingerprint density at radius 2 is 1.92 bits per heavy atom. The van der Waals surface area contributed by atoms with E-state index in [1.165, 1.54) is 11.6 Å². The fraction of sp³-hybridized carbons (Fsp3) is 0.481. The highest BCUT2D eigenvalue weighted by Crippen LogP contribution is 2.31. The lowest BCUT2D eigenvalue weighted by atomic mass is 9.93. The van der Waals surface area contributed by atoms with E-state index in [4.69, 9.17) is 5.73 Å². The second-order valence-electron chi connectivity index (χ2n) is 9.67. The van der Waals surface area contributed by atoms with Gasteiger partial charge in [0.05, 0.1) is 18.8 Å². The van der Waals surface area contributed by atoms with Crippen molar-refractivity contribution >= 4 is 22.8 Å². The maximum Gasteiger partial charge on any atom is 0.411 e. The quantitative estimate of drug-likeness (QED) is 0.510. The molecule has 0 bridgehead atoms. The number of hydrogen-bond acceptors (Lipinski definition) is 6. The zero-order chi connectivity index (χ0) is 27.2. The molecule has 2 aromatic heterocycles. The Balaban J connectivity index is 0.00000353. The predicted octanol–water partition coefficient (Wildman–Crippen LogP) is 2.46. The first kappa shape index (κ1) is 28.2. The molecule has 12 heteroatoms. The van der Waals surface area contributed by atoms with Crippen LogP contribution in [0.2, 0.25) is 0 Å². The number of halogens is 3. The van der Waals surface area contributed by atoms with Crippen LogP contribution in [0.3, 0.4) is 0 Å². The summed E-state index contributed by atoms with van der Waals surface area (Å²) in [4.78, 5) is 37.8. The molecule has 0 radical (unpaired) electrons. The minimum atomic E-state index is -4.56. The Hall–Kier alpha value is -3.85. The van der Waals surface area contributed by atoms with Crippen LogP contribution in [0.5, 0.6) is 0 Å². The van der Waals surface area contributed by atoms with Crippen molar-refractivity contribution in [2.75, 3.05) is 18.0 Å². The van der Waals surface area contributed by atoms with E-state index in [-0.39, 0.29) is 43.3 Å². The Bertz CT molecular complexity index is 1600. The zero-order valence-electron chi connectivity index (χ0n) is 21.1. The van der Waals surface area contributed by atoms with Crippen LogP contribution in [0, 0.1) is 11.8 Å². The third-order valence-corrected chi connectivity index (χ3v) is 7.11. The highest BCUT2D eigenvalue weighted by atomic mass is 19.4. The largest absolute Gasteiger partial charge is 0.411 e. The number of hydrogen-bond donors (Lipinski definition) is 1. The van der Waals surface area contributed by atoms with Gasteiger partial charge in [-0.15, -0.1) is 5.92 Å². The highest BCUT2D eigenvalue weighted by molar-refractivity contribution is 6.02. The van der Waals surface area contributed by atoms with Gasteiger partial charge in [-0.05, 0) is 25.3 Å². The first-order valence-corrected chi connectivity index (χ1v) is 12.4. The summed E-state index contributed by atoms with van der Waals surface area (Å²) in [6, 6.07) is 4.62. The van der Waals surface area contributed by atoms with Crippen molar-refractivity contribution in [3.63, 3.8) is 0 Å². The van der Waals surface area contributed by atoms with Crippen LogP contribution in [0.4, 0.5) is 19.1 Å². The molecule has 5 rings (SSSR count). The topological polar surface area (TPSA) is 103 Å². The molecular weight excluding hydrogens is 511 g/mol. The Morgan fingerprint density at radius 1 is 1.18 bits per heavy atom. The van der Waals surface area contributed by atoms with Gasteiger partial charge < -0.3 is 10.6 Å². The molecule has 2 atom stereocenters. The van der Waals surface area contributed by atoms with Crippen LogP contribution in [0.1, 0.15) is 38.3 Å². The van der Waals surface area contributed by atoms with Crippen LogP contribution < -0.4 is 21.9 Å². The van der Waals surface area contributed by atoms with Crippen molar-refractivity contribution in [1.29, 1.82) is 0 Å². The van der Waals surface area contributed by atoms with Gasteiger partial charge in [0, 0.05) is 38.2 Å². The molecule has 0 aliphatic carbocycles. The molecule has 0 amide bonds. The smallest absolute Gasteiger partial charge is 0.341 e. The van der Waals surface area contributed by atoms with Crippen LogP contribution >= 0.6 is 0 Å². The maximum absolute atomic E-state index is 13.8. The molecule has 3 aromatic rings. The van der Waals surface area contributed by atoms with E-state index in [0.29, 0.717) is 30.2 Å². The Labute approximate surface area is 223 Å². The zero-order valence-corrected chi connectivity index (χ0v) is 21.1. The Kier molecular flexibility index (Phi) is 7.75. The second kappa shape index (κ2) is 10.7. The first-order chi connectivity index (χ1) is 18.1. The van der Waals surface area contributed by atoms with E-state index < -0.39 is 30.0 Å². The van der Waals surface area contributed by atoms with Gasteiger partial charge in [-0.25, -0.2) is 4.79 Å². The fourth-order valence-corrected chi connectivity index (χ4v) is 5.20. The summed E-state index contributed by atoms with van der Waals surface area (Å²) >= 11 is 0. The molecule has 0 saturated carbocycles. The second-order valence-corrected chi connectivity index (χ2v) is 9.67. The third kappa shape index (κ3) is 5.11. The van der Waals surface area contributed by atoms with Crippen molar-refractivity contribution in [1.82, 2.24) is 18.7 Å². The molecule has 39 heavy (non-hydrogen) atoms. The van der Waals surface area contributed by atoms with Gasteiger partial charge in [-0.1, -0.05) is 37.6 Å². The predicted molar refractivity (Wildman–Crippen MR) is 145 cm³/mol. The average molecular weight is 544 g/mol. The molecule has 2 N–H and O–H groups in total. The molecule has 1 saturated heterocycles. The number of aromatic nitrogens is 4. The van der Waals surface area contributed by atoms with Gasteiger partial charge in [0.25, 0.3) is 5.56 Å². The van der Waals surface area contributed by atoms with Crippen LogP contribution in [-0.2, 0) is 26.6 Å². The fourth-order valence-electron chi connectivity index (χ4n) is 5.20. The minimum Gasteiger partial charge on any atom is -0.341 e. The summed E-state index contributed by atoms with van der Waals surface area (Å²) in [6.07, 6.45) is -3.12. The number of piperidine rings is 1. The van der Waals surface area contributed by atoms with Gasteiger partial charge in [-0.3, -0.25) is 23.5 Å². The summed E-state index contributed by atoms with van der Waals surface area (Å²) < 4.78 is 44.9. The number of nitrogens with zero attached hydrogens (tertiary/aromatic N) is 6. The maximum atomic E-state index is 13.8. The van der Waals surface area contributed by atoms with Crippen molar-refractivity contribution in [3.8, 4) is 11.8 Å². The summed E-state index contributed by atoms with van der Waals surface area (Å²) in [7, 11) is 1.49.